The Hall–Kier alpha value is -1.60. The van der Waals surface area contributed by atoms with E-state index < -0.39 is 4.92 Å². The second kappa shape index (κ2) is 5.15. The number of nitrogens with zero attached hydrogens (tertiary/aromatic N) is 2. The van der Waals surface area contributed by atoms with Gasteiger partial charge in [0.15, 0.2) is 5.03 Å². The van der Waals surface area contributed by atoms with E-state index in [9.17, 15) is 10.1 Å². The van der Waals surface area contributed by atoms with Crippen LogP contribution in [0.2, 0.25) is 0 Å². The highest BCUT2D eigenvalue weighted by Gasteiger charge is 2.17. The Morgan fingerprint density at radius 1 is 1.47 bits per heavy atom. The van der Waals surface area contributed by atoms with E-state index in [-0.39, 0.29) is 5.69 Å². The van der Waals surface area contributed by atoms with Crippen LogP contribution >= 0.6 is 23.1 Å². The van der Waals surface area contributed by atoms with E-state index in [4.69, 9.17) is 0 Å². The molecule has 0 spiro atoms. The molecule has 0 saturated heterocycles. The van der Waals surface area contributed by atoms with Crippen molar-refractivity contribution in [1.29, 1.82) is 0 Å². The Kier molecular flexibility index (Phi) is 3.60. The second-order valence-corrected chi connectivity index (χ2v) is 5.30. The van der Waals surface area contributed by atoms with Crippen LogP contribution in [0.4, 0.5) is 11.5 Å². The molecule has 0 aliphatic carbocycles. The molecule has 88 valence electrons. The zero-order valence-electron chi connectivity index (χ0n) is 8.91. The van der Waals surface area contributed by atoms with Crippen LogP contribution in [0.3, 0.4) is 0 Å². The highest BCUT2D eigenvalue weighted by molar-refractivity contribution is 8.01. The molecule has 2 rings (SSSR count). The monoisotopic (exact) mass is 267 g/mol. The van der Waals surface area contributed by atoms with Crippen molar-refractivity contribution < 1.29 is 4.92 Å². The van der Waals surface area contributed by atoms with Gasteiger partial charge in [0.25, 0.3) is 0 Å². The number of aromatic nitrogens is 1. The molecule has 5 nitrogen and oxygen atoms in total. The van der Waals surface area contributed by atoms with Gasteiger partial charge in [0.1, 0.15) is 5.82 Å². The van der Waals surface area contributed by atoms with Gasteiger partial charge in [-0.1, -0.05) is 17.8 Å². The highest BCUT2D eigenvalue weighted by Crippen LogP contribution is 2.36. The first kappa shape index (κ1) is 11.9. The van der Waals surface area contributed by atoms with Gasteiger partial charge in [0, 0.05) is 13.1 Å². The Balaban J connectivity index is 2.38. The van der Waals surface area contributed by atoms with Gasteiger partial charge in [-0.25, -0.2) is 4.98 Å². The number of nitro groups is 1. The minimum Gasteiger partial charge on any atom is -0.373 e. The minimum atomic E-state index is -0.414. The number of anilines is 1. The van der Waals surface area contributed by atoms with E-state index in [2.05, 4.69) is 10.3 Å². The third-order valence-corrected chi connectivity index (χ3v) is 4.02. The van der Waals surface area contributed by atoms with E-state index in [1.807, 2.05) is 17.5 Å². The highest BCUT2D eigenvalue weighted by atomic mass is 32.2. The predicted molar refractivity (Wildman–Crippen MR) is 68.9 cm³/mol. The van der Waals surface area contributed by atoms with Gasteiger partial charge in [-0.2, -0.15) is 0 Å². The largest absolute Gasteiger partial charge is 0.373 e. The van der Waals surface area contributed by atoms with Crippen molar-refractivity contribution in [3.05, 3.63) is 39.8 Å². The molecule has 0 amide bonds. The van der Waals surface area contributed by atoms with Crippen molar-refractivity contribution in [3.63, 3.8) is 0 Å². The third kappa shape index (κ3) is 2.75. The van der Waals surface area contributed by atoms with E-state index >= 15 is 0 Å². The summed E-state index contributed by atoms with van der Waals surface area (Å²) in [6.07, 6.45) is 0. The summed E-state index contributed by atoms with van der Waals surface area (Å²) < 4.78 is 0.980. The Bertz CT molecular complexity index is 528. The molecule has 0 aromatic carbocycles. The molecule has 17 heavy (non-hydrogen) atoms. The molecule has 0 aliphatic rings. The molecule has 0 atom stereocenters. The van der Waals surface area contributed by atoms with Crippen molar-refractivity contribution >= 4 is 34.6 Å². The fourth-order valence-corrected chi connectivity index (χ4v) is 2.98. The van der Waals surface area contributed by atoms with Crippen molar-refractivity contribution in [3.8, 4) is 0 Å². The summed E-state index contributed by atoms with van der Waals surface area (Å²) in [4.78, 5) is 14.7. The lowest BCUT2D eigenvalue weighted by Gasteiger charge is -2.03. The maximum absolute atomic E-state index is 10.9. The first-order valence-corrected chi connectivity index (χ1v) is 6.45. The molecule has 0 unspecified atom stereocenters. The molecule has 0 radical (unpaired) electrons. The lowest BCUT2D eigenvalue weighted by Crippen LogP contribution is -1.97. The molecule has 0 bridgehead atoms. The zero-order chi connectivity index (χ0) is 12.3. The summed E-state index contributed by atoms with van der Waals surface area (Å²) in [7, 11) is 1.73. The topological polar surface area (TPSA) is 68.1 Å². The lowest BCUT2D eigenvalue weighted by molar-refractivity contribution is -0.388. The van der Waals surface area contributed by atoms with Gasteiger partial charge in [0.05, 0.1) is 9.13 Å². The molecular weight excluding hydrogens is 258 g/mol. The van der Waals surface area contributed by atoms with Gasteiger partial charge < -0.3 is 5.32 Å². The van der Waals surface area contributed by atoms with Crippen molar-refractivity contribution in [2.75, 3.05) is 12.4 Å². The van der Waals surface area contributed by atoms with Crippen LogP contribution in [-0.2, 0) is 0 Å². The van der Waals surface area contributed by atoms with Crippen molar-refractivity contribution in [2.45, 2.75) is 9.24 Å². The average molecular weight is 267 g/mol. The molecule has 0 aliphatic heterocycles. The Labute approximate surface area is 106 Å². The van der Waals surface area contributed by atoms with Crippen LogP contribution in [0.1, 0.15) is 0 Å². The molecule has 2 heterocycles. The first-order chi connectivity index (χ1) is 8.20. The minimum absolute atomic E-state index is 0.0300. The number of nitrogens with one attached hydrogen (secondary N) is 1. The lowest BCUT2D eigenvalue weighted by atomic mass is 10.4. The average Bonchev–Trinajstić information content (AvgIpc) is 2.81. The van der Waals surface area contributed by atoms with Crippen LogP contribution in [0, 0.1) is 10.1 Å². The number of hydrogen-bond acceptors (Lipinski definition) is 6. The number of thiophene rings is 1. The SMILES string of the molecule is CNc1ccc([N+](=O)[O-])c(Sc2cccs2)n1. The molecule has 0 fully saturated rings. The quantitative estimate of drug-likeness (QED) is 0.680. The van der Waals surface area contributed by atoms with Crippen molar-refractivity contribution in [1.82, 2.24) is 4.98 Å². The number of rotatable bonds is 4. The first-order valence-electron chi connectivity index (χ1n) is 4.75. The van der Waals surface area contributed by atoms with Crippen LogP contribution in [-0.4, -0.2) is 17.0 Å². The van der Waals surface area contributed by atoms with E-state index in [1.54, 1.807) is 13.1 Å². The number of pyridine rings is 1. The Morgan fingerprint density at radius 3 is 2.88 bits per heavy atom. The van der Waals surface area contributed by atoms with E-state index in [1.165, 1.54) is 29.2 Å². The summed E-state index contributed by atoms with van der Waals surface area (Å²) in [5, 5.41) is 16.1. The summed E-state index contributed by atoms with van der Waals surface area (Å²) in [6.45, 7) is 0. The van der Waals surface area contributed by atoms with Crippen LogP contribution in [0.25, 0.3) is 0 Å². The normalized spacial score (nSPS) is 10.2. The Morgan fingerprint density at radius 2 is 2.29 bits per heavy atom. The van der Waals surface area contributed by atoms with Gasteiger partial charge >= 0.3 is 5.69 Å². The fraction of sp³-hybridized carbons (Fsp3) is 0.100. The van der Waals surface area contributed by atoms with Gasteiger partial charge in [-0.3, -0.25) is 10.1 Å². The number of hydrogen-bond donors (Lipinski definition) is 1. The van der Waals surface area contributed by atoms with Crippen molar-refractivity contribution in [2.24, 2.45) is 0 Å². The maximum Gasteiger partial charge on any atom is 0.301 e. The molecule has 7 heteroatoms. The van der Waals surface area contributed by atoms with Gasteiger partial charge in [0.2, 0.25) is 0 Å². The van der Waals surface area contributed by atoms with Crippen LogP contribution in [0.15, 0.2) is 38.9 Å². The van der Waals surface area contributed by atoms with E-state index in [0.29, 0.717) is 10.8 Å². The zero-order valence-corrected chi connectivity index (χ0v) is 10.5. The predicted octanol–water partition coefficient (Wildman–Crippen LogP) is 3.24. The standard InChI is InChI=1S/C10H9N3O2S2/c1-11-8-5-4-7(13(14)15)10(12-8)17-9-3-2-6-16-9/h2-6H,1H3,(H,11,12). The summed E-state index contributed by atoms with van der Waals surface area (Å²) in [6, 6.07) is 6.87. The van der Waals surface area contributed by atoms with Crippen LogP contribution < -0.4 is 5.32 Å². The fourth-order valence-electron chi connectivity index (χ4n) is 1.20. The molecular formula is C10H9N3O2S2. The summed E-state index contributed by atoms with van der Waals surface area (Å²) in [5.74, 6) is 0.620. The maximum atomic E-state index is 10.9. The molecule has 2 aromatic heterocycles. The molecule has 2 aromatic rings. The summed E-state index contributed by atoms with van der Waals surface area (Å²) >= 11 is 2.84. The third-order valence-electron chi connectivity index (χ3n) is 1.99. The molecule has 0 saturated carbocycles. The van der Waals surface area contributed by atoms with Gasteiger partial charge in [-0.05, 0) is 17.5 Å². The smallest absolute Gasteiger partial charge is 0.301 e. The van der Waals surface area contributed by atoms with Crippen LogP contribution in [0.5, 0.6) is 0 Å². The van der Waals surface area contributed by atoms with E-state index in [0.717, 1.165) is 4.21 Å². The second-order valence-electron chi connectivity index (χ2n) is 3.06. The van der Waals surface area contributed by atoms with Gasteiger partial charge in [-0.15, -0.1) is 11.3 Å². The molecule has 1 N–H and O–H groups in total. The summed E-state index contributed by atoms with van der Waals surface area (Å²) in [5.41, 5.74) is 0.0300.